The number of imidazole rings is 1. The normalized spacial score (nSPS) is 11.5. The number of benzene rings is 3. The summed E-state index contributed by atoms with van der Waals surface area (Å²) >= 11 is 1.24. The number of anilines is 1. The van der Waals surface area contributed by atoms with Crippen molar-refractivity contribution in [2.75, 3.05) is 5.73 Å². The van der Waals surface area contributed by atoms with Crippen LogP contribution in [0.3, 0.4) is 0 Å². The lowest BCUT2D eigenvalue weighted by atomic mass is 10.1. The van der Waals surface area contributed by atoms with Crippen LogP contribution in [0.1, 0.15) is 76.8 Å². The molecule has 0 spiro atoms. The van der Waals surface area contributed by atoms with Crippen LogP contribution < -0.4 is 16.9 Å². The third-order valence-corrected chi connectivity index (χ3v) is 9.78. The Labute approximate surface area is 312 Å². The van der Waals surface area contributed by atoms with Crippen molar-refractivity contribution in [1.82, 2.24) is 54.7 Å². The number of nitrogens with two attached hydrogens (primary N) is 1. The van der Waals surface area contributed by atoms with Gasteiger partial charge in [-0.3, -0.25) is 19.8 Å². The molecule has 0 saturated carbocycles. The molecule has 3 aromatic carbocycles. The van der Waals surface area contributed by atoms with Crippen LogP contribution >= 0.6 is 11.5 Å². The zero-order chi connectivity index (χ0) is 38.1. The number of hydrogen-bond acceptors (Lipinski definition) is 10. The Morgan fingerprint density at radius 3 is 1.74 bits per heavy atom. The first kappa shape index (κ1) is 35.9. The van der Waals surface area contributed by atoms with Gasteiger partial charge in [0.25, 0.3) is 11.1 Å². The predicted octanol–water partition coefficient (Wildman–Crippen LogP) is 7.75. The molecule has 6 aromatic heterocycles. The molecule has 9 aromatic rings. The summed E-state index contributed by atoms with van der Waals surface area (Å²) in [5, 5.41) is 15.5. The molecule has 0 aliphatic heterocycles. The molecular weight excluding hydrogens is 701 g/mol. The van der Waals surface area contributed by atoms with Gasteiger partial charge < -0.3 is 20.7 Å². The molecule has 9 rings (SSSR count). The summed E-state index contributed by atoms with van der Waals surface area (Å²) in [6, 6.07) is 15.6. The number of nitrogens with zero attached hydrogens (tertiary/aromatic N) is 6. The average Bonchev–Trinajstić information content (AvgIpc) is 4.00. The van der Waals surface area contributed by atoms with E-state index < -0.39 is 0 Å². The van der Waals surface area contributed by atoms with Gasteiger partial charge in [-0.1, -0.05) is 53.7 Å². The average molecular weight is 741 g/mol. The largest absolute Gasteiger partial charge is 0.382 e. The van der Waals surface area contributed by atoms with Crippen molar-refractivity contribution < 1.29 is 0 Å². The smallest absolute Gasteiger partial charge is 0.260 e. The Morgan fingerprint density at radius 2 is 1.13 bits per heavy atom. The minimum absolute atomic E-state index is 0.0981. The lowest BCUT2D eigenvalue weighted by molar-refractivity contribution is 0.776. The topological polar surface area (TPSA) is 216 Å². The first-order valence-electron chi connectivity index (χ1n) is 17.6. The van der Waals surface area contributed by atoms with E-state index in [9.17, 15) is 9.59 Å². The minimum atomic E-state index is -0.127. The van der Waals surface area contributed by atoms with Gasteiger partial charge in [-0.25, -0.2) is 15.0 Å². The fourth-order valence-electron chi connectivity index (χ4n) is 5.85. The summed E-state index contributed by atoms with van der Waals surface area (Å²) in [6.45, 7) is 12.3. The Kier molecular flexibility index (Phi) is 9.88. The standard InChI is InChI=1S/C14H14N4O.C13H14N4.C12H12N4OS/c1-8(2)13-17-12-4-3-9(10-6-15-16-7-10)5-11(12)14(19)18-13;1-8(2)13-16-11-4-3-9(5-12(11)17-13)10-6-14-15-7-10;1-5(2)11-14-7-4-3-6-9(18-16-10(6)13)8(7)12(17)15-11/h3-8H,1-2H3,(H,15,16)(H,17,18,19);3-8H,1-2H3,(H,14,15)(H,16,17);3-5H,1-2H3,(H2,13,16)(H,14,15,17). The molecule has 0 aliphatic rings. The van der Waals surface area contributed by atoms with Gasteiger partial charge in [0.05, 0.1) is 49.9 Å². The molecule has 0 aliphatic carbocycles. The van der Waals surface area contributed by atoms with Gasteiger partial charge in [0.1, 0.15) is 23.3 Å². The van der Waals surface area contributed by atoms with E-state index in [1.807, 2.05) is 76.5 Å². The molecule has 14 nitrogen and oxygen atoms in total. The van der Waals surface area contributed by atoms with Crippen molar-refractivity contribution in [3.63, 3.8) is 0 Å². The van der Waals surface area contributed by atoms with E-state index in [0.29, 0.717) is 39.7 Å². The van der Waals surface area contributed by atoms with Crippen molar-refractivity contribution in [3.05, 3.63) is 111 Å². The van der Waals surface area contributed by atoms with Gasteiger partial charge >= 0.3 is 0 Å². The fraction of sp³-hybridized carbons (Fsp3) is 0.231. The Bertz CT molecular complexity index is 2830. The van der Waals surface area contributed by atoms with Crippen molar-refractivity contribution in [1.29, 1.82) is 0 Å². The third-order valence-electron chi connectivity index (χ3n) is 8.88. The fourth-order valence-corrected chi connectivity index (χ4v) is 6.69. The first-order valence-corrected chi connectivity index (χ1v) is 18.3. The van der Waals surface area contributed by atoms with Gasteiger partial charge in [-0.15, -0.1) is 0 Å². The molecule has 0 atom stereocenters. The molecule has 7 N–H and O–H groups in total. The summed E-state index contributed by atoms with van der Waals surface area (Å²) in [7, 11) is 0. The molecule has 274 valence electrons. The number of nitrogen functional groups attached to an aromatic ring is 1. The Hall–Kier alpha value is -6.48. The third kappa shape index (κ3) is 7.25. The number of aromatic amines is 5. The van der Waals surface area contributed by atoms with E-state index in [0.717, 1.165) is 54.7 Å². The molecule has 0 unspecified atom stereocenters. The van der Waals surface area contributed by atoms with Gasteiger partial charge in [0, 0.05) is 46.7 Å². The maximum Gasteiger partial charge on any atom is 0.260 e. The molecule has 0 amide bonds. The second-order valence-electron chi connectivity index (χ2n) is 13.8. The Balaban J connectivity index is 0.000000125. The summed E-state index contributed by atoms with van der Waals surface area (Å²) in [5.41, 5.74) is 13.2. The quantitative estimate of drug-likeness (QED) is 0.101. The molecule has 54 heavy (non-hydrogen) atoms. The van der Waals surface area contributed by atoms with Crippen LogP contribution in [-0.2, 0) is 0 Å². The van der Waals surface area contributed by atoms with Gasteiger partial charge in [-0.2, -0.15) is 14.6 Å². The molecule has 0 radical (unpaired) electrons. The SMILES string of the molecule is CC(C)c1nc2ccc(-c3cn[nH]c3)cc2[nH]1.CC(C)c1nc2ccc(-c3cn[nH]c3)cc2c(=O)[nH]1.CC(C)c1nc2ccc3c(N)nsc3c2c(=O)[nH]1. The number of hydrogen-bond donors (Lipinski definition) is 6. The monoisotopic (exact) mass is 740 g/mol. The molecule has 15 heteroatoms. The zero-order valence-corrected chi connectivity index (χ0v) is 31.5. The highest BCUT2D eigenvalue weighted by molar-refractivity contribution is 7.14. The van der Waals surface area contributed by atoms with Crippen LogP contribution in [0.5, 0.6) is 0 Å². The Morgan fingerprint density at radius 1 is 0.593 bits per heavy atom. The zero-order valence-electron chi connectivity index (χ0n) is 30.6. The van der Waals surface area contributed by atoms with Crippen LogP contribution in [0.15, 0.2) is 82.9 Å². The van der Waals surface area contributed by atoms with Crippen LogP contribution in [0, 0.1) is 0 Å². The van der Waals surface area contributed by atoms with Crippen LogP contribution in [0.4, 0.5) is 5.82 Å². The van der Waals surface area contributed by atoms with Crippen molar-refractivity contribution >= 4 is 60.3 Å². The molecule has 0 saturated heterocycles. The van der Waals surface area contributed by atoms with Gasteiger partial charge in [0.15, 0.2) is 0 Å². The van der Waals surface area contributed by atoms with Gasteiger partial charge in [0.2, 0.25) is 0 Å². The van der Waals surface area contributed by atoms with E-state index >= 15 is 0 Å². The maximum absolute atomic E-state index is 12.2. The lowest BCUT2D eigenvalue weighted by Crippen LogP contribution is -2.12. The number of H-pyrrole nitrogens is 5. The molecular formula is C39H40N12O2S. The van der Waals surface area contributed by atoms with Crippen LogP contribution in [-0.4, -0.2) is 54.7 Å². The predicted molar refractivity (Wildman–Crippen MR) is 216 cm³/mol. The number of rotatable bonds is 5. The molecule has 6 heterocycles. The number of aromatic nitrogens is 11. The van der Waals surface area contributed by atoms with E-state index in [4.69, 9.17) is 5.73 Å². The van der Waals surface area contributed by atoms with Crippen molar-refractivity contribution in [2.24, 2.45) is 0 Å². The first-order chi connectivity index (χ1) is 26.0. The van der Waals surface area contributed by atoms with Crippen molar-refractivity contribution in [2.45, 2.75) is 59.3 Å². The molecule has 0 fully saturated rings. The summed E-state index contributed by atoms with van der Waals surface area (Å²) < 4.78 is 4.88. The number of nitrogens with one attached hydrogen (secondary N) is 5. The van der Waals surface area contributed by atoms with E-state index in [2.05, 4.69) is 80.7 Å². The highest BCUT2D eigenvalue weighted by Crippen LogP contribution is 2.30. The van der Waals surface area contributed by atoms with Gasteiger partial charge in [-0.05, 0) is 59.1 Å². The van der Waals surface area contributed by atoms with Crippen LogP contribution in [0.25, 0.3) is 65.2 Å². The summed E-state index contributed by atoms with van der Waals surface area (Å²) in [5.74, 6) is 3.71. The molecule has 0 bridgehead atoms. The highest BCUT2D eigenvalue weighted by atomic mass is 32.1. The maximum atomic E-state index is 12.2. The van der Waals surface area contributed by atoms with Crippen LogP contribution in [0.2, 0.25) is 0 Å². The highest BCUT2D eigenvalue weighted by Gasteiger charge is 2.14. The van der Waals surface area contributed by atoms with E-state index in [1.54, 1.807) is 12.4 Å². The summed E-state index contributed by atoms with van der Waals surface area (Å²) in [4.78, 5) is 46.8. The second kappa shape index (κ2) is 14.9. The summed E-state index contributed by atoms with van der Waals surface area (Å²) in [6.07, 6.45) is 7.23. The lowest BCUT2D eigenvalue weighted by Gasteiger charge is -2.06. The second-order valence-corrected chi connectivity index (χ2v) is 14.6. The van der Waals surface area contributed by atoms with E-state index in [1.165, 1.54) is 11.5 Å². The van der Waals surface area contributed by atoms with E-state index in [-0.39, 0.29) is 23.0 Å². The number of fused-ring (bicyclic) bond motifs is 5. The minimum Gasteiger partial charge on any atom is -0.382 e. The van der Waals surface area contributed by atoms with Crippen molar-refractivity contribution in [3.8, 4) is 22.3 Å².